The Morgan fingerprint density at radius 3 is 2.44 bits per heavy atom. The summed E-state index contributed by atoms with van der Waals surface area (Å²) < 4.78 is 0. The van der Waals surface area contributed by atoms with Gasteiger partial charge in [0.15, 0.2) is 0 Å². The maximum Gasteiger partial charge on any atom is 0.242 e. The second-order valence-corrected chi connectivity index (χ2v) is 7.19. The first-order valence-corrected chi connectivity index (χ1v) is 8.91. The minimum Gasteiger partial charge on any atom is -0.347 e. The van der Waals surface area contributed by atoms with E-state index in [1.165, 1.54) is 12.8 Å². The highest BCUT2D eigenvalue weighted by molar-refractivity contribution is 5.85. The molecule has 2 heterocycles. The zero-order valence-corrected chi connectivity index (χ0v) is 15.6. The molecule has 6 heteroatoms. The molecule has 2 bridgehead atoms. The lowest BCUT2D eigenvalue weighted by atomic mass is 9.89. The van der Waals surface area contributed by atoms with Crippen molar-refractivity contribution in [3.63, 3.8) is 0 Å². The van der Waals surface area contributed by atoms with Gasteiger partial charge in [-0.2, -0.15) is 0 Å². The quantitative estimate of drug-likeness (QED) is 0.811. The van der Waals surface area contributed by atoms with Crippen molar-refractivity contribution in [3.8, 4) is 0 Å². The molecule has 0 radical (unpaired) electrons. The summed E-state index contributed by atoms with van der Waals surface area (Å²) in [7, 11) is 1.77. The van der Waals surface area contributed by atoms with E-state index in [-0.39, 0.29) is 30.8 Å². The second kappa shape index (κ2) is 9.20. The molecule has 2 aliphatic rings. The summed E-state index contributed by atoms with van der Waals surface area (Å²) in [5.41, 5.74) is 1.09. The van der Waals surface area contributed by atoms with Gasteiger partial charge in [-0.25, -0.2) is 0 Å². The van der Waals surface area contributed by atoms with Crippen LogP contribution in [0, 0.1) is 5.92 Å². The van der Waals surface area contributed by atoms with Crippen LogP contribution in [0.4, 0.5) is 0 Å². The molecule has 0 saturated carbocycles. The fraction of sp³-hybridized carbons (Fsp3) is 0.579. The third-order valence-electron chi connectivity index (χ3n) is 5.17. The minimum atomic E-state index is -0.0578. The van der Waals surface area contributed by atoms with Crippen LogP contribution >= 0.6 is 12.4 Å². The van der Waals surface area contributed by atoms with Gasteiger partial charge in [-0.1, -0.05) is 30.3 Å². The number of hydrogen-bond donors (Lipinski definition) is 2. The molecule has 2 unspecified atom stereocenters. The van der Waals surface area contributed by atoms with E-state index in [9.17, 15) is 9.59 Å². The third-order valence-corrected chi connectivity index (χ3v) is 5.17. The highest BCUT2D eigenvalue weighted by Crippen LogP contribution is 2.32. The van der Waals surface area contributed by atoms with Gasteiger partial charge in [-0.05, 0) is 37.2 Å². The minimum absolute atomic E-state index is 0. The fourth-order valence-electron chi connectivity index (χ4n) is 3.93. The summed E-state index contributed by atoms with van der Waals surface area (Å²) in [4.78, 5) is 25.9. The smallest absolute Gasteiger partial charge is 0.242 e. The van der Waals surface area contributed by atoms with E-state index in [0.717, 1.165) is 18.4 Å². The van der Waals surface area contributed by atoms with Crippen molar-refractivity contribution < 1.29 is 9.59 Å². The van der Waals surface area contributed by atoms with Gasteiger partial charge in [-0.3, -0.25) is 9.59 Å². The number of carbonyl (C=O) groups is 2. The molecule has 2 amide bonds. The molecule has 1 aromatic carbocycles. The Morgan fingerprint density at radius 1 is 1.16 bits per heavy atom. The molecular weight excluding hydrogens is 338 g/mol. The SMILES string of the molecule is CN(Cc1ccccc1)C(=O)CNC(=O)CC1CC2CCC(C1)N2.Cl. The molecule has 2 aliphatic heterocycles. The van der Waals surface area contributed by atoms with Crippen molar-refractivity contribution in [3.05, 3.63) is 35.9 Å². The van der Waals surface area contributed by atoms with Gasteiger partial charge in [0.25, 0.3) is 0 Å². The molecular formula is C19H28ClN3O2. The maximum atomic E-state index is 12.2. The number of rotatable bonds is 6. The number of likely N-dealkylation sites (N-methyl/N-ethyl adjacent to an activating group) is 1. The Kier molecular flexibility index (Phi) is 7.26. The number of hydrogen-bond acceptors (Lipinski definition) is 3. The Balaban J connectivity index is 0.00000225. The van der Waals surface area contributed by atoms with Crippen LogP contribution in [0.3, 0.4) is 0 Å². The predicted molar refractivity (Wildman–Crippen MR) is 100 cm³/mol. The molecule has 25 heavy (non-hydrogen) atoms. The van der Waals surface area contributed by atoms with Crippen molar-refractivity contribution >= 4 is 24.2 Å². The molecule has 1 aromatic rings. The number of halogens is 1. The second-order valence-electron chi connectivity index (χ2n) is 7.19. The van der Waals surface area contributed by atoms with Crippen LogP contribution in [0.15, 0.2) is 30.3 Å². The number of nitrogens with zero attached hydrogens (tertiary/aromatic N) is 1. The monoisotopic (exact) mass is 365 g/mol. The number of nitrogens with one attached hydrogen (secondary N) is 2. The summed E-state index contributed by atoms with van der Waals surface area (Å²) in [5.74, 6) is 0.404. The molecule has 0 aliphatic carbocycles. The van der Waals surface area contributed by atoms with Gasteiger partial charge in [0, 0.05) is 32.1 Å². The lowest BCUT2D eigenvalue weighted by molar-refractivity contribution is -0.132. The summed E-state index contributed by atoms with van der Waals surface area (Å²) in [6.45, 7) is 0.646. The molecule has 2 N–H and O–H groups in total. The number of fused-ring (bicyclic) bond motifs is 2. The molecule has 5 nitrogen and oxygen atoms in total. The van der Waals surface area contributed by atoms with Crippen LogP contribution in [0.1, 0.15) is 37.7 Å². The zero-order chi connectivity index (χ0) is 16.9. The van der Waals surface area contributed by atoms with Gasteiger partial charge < -0.3 is 15.5 Å². The molecule has 0 spiro atoms. The van der Waals surface area contributed by atoms with E-state index in [4.69, 9.17) is 0 Å². The van der Waals surface area contributed by atoms with Crippen LogP contribution in [-0.2, 0) is 16.1 Å². The average Bonchev–Trinajstić information content (AvgIpc) is 2.92. The topological polar surface area (TPSA) is 61.4 Å². The average molecular weight is 366 g/mol. The van der Waals surface area contributed by atoms with E-state index in [2.05, 4.69) is 10.6 Å². The largest absolute Gasteiger partial charge is 0.347 e. The third kappa shape index (κ3) is 5.72. The van der Waals surface area contributed by atoms with Gasteiger partial charge in [0.1, 0.15) is 0 Å². The molecule has 2 fully saturated rings. The van der Waals surface area contributed by atoms with Crippen LogP contribution < -0.4 is 10.6 Å². The lowest BCUT2D eigenvalue weighted by Gasteiger charge is -2.28. The summed E-state index contributed by atoms with van der Waals surface area (Å²) in [6, 6.07) is 11.1. The van der Waals surface area contributed by atoms with E-state index >= 15 is 0 Å². The Bertz CT molecular complexity index is 569. The highest BCUT2D eigenvalue weighted by atomic mass is 35.5. The van der Waals surface area contributed by atoms with Crippen LogP contribution in [0.5, 0.6) is 0 Å². The Labute approximate surface area is 155 Å². The fourth-order valence-corrected chi connectivity index (χ4v) is 3.93. The van der Waals surface area contributed by atoms with Crippen molar-refractivity contribution in [2.75, 3.05) is 13.6 Å². The number of carbonyl (C=O) groups excluding carboxylic acids is 2. The van der Waals surface area contributed by atoms with Crippen LogP contribution in [0.25, 0.3) is 0 Å². The summed E-state index contributed by atoms with van der Waals surface area (Å²) in [6.07, 6.45) is 5.21. The van der Waals surface area contributed by atoms with Crippen LogP contribution in [0.2, 0.25) is 0 Å². The van der Waals surface area contributed by atoms with E-state index in [1.54, 1.807) is 11.9 Å². The first kappa shape index (κ1) is 19.7. The van der Waals surface area contributed by atoms with Gasteiger partial charge in [0.05, 0.1) is 6.54 Å². The number of amides is 2. The standard InChI is InChI=1S/C19H27N3O2.ClH/c1-22(13-14-5-3-2-4-6-14)19(24)12-20-18(23)11-15-9-16-7-8-17(10-15)21-16;/h2-6,15-17,21H,7-13H2,1H3,(H,20,23);1H. The van der Waals surface area contributed by atoms with E-state index < -0.39 is 0 Å². The highest BCUT2D eigenvalue weighted by Gasteiger charge is 2.34. The molecule has 138 valence electrons. The van der Waals surface area contributed by atoms with Crippen LogP contribution in [-0.4, -0.2) is 42.4 Å². The van der Waals surface area contributed by atoms with Crippen molar-refractivity contribution in [1.29, 1.82) is 0 Å². The summed E-state index contributed by atoms with van der Waals surface area (Å²) in [5, 5.41) is 6.39. The first-order valence-electron chi connectivity index (χ1n) is 8.91. The number of benzene rings is 1. The predicted octanol–water partition coefficient (Wildman–Crippen LogP) is 2.10. The molecule has 2 atom stereocenters. The molecule has 3 rings (SSSR count). The molecule has 0 aromatic heterocycles. The Morgan fingerprint density at radius 2 is 1.80 bits per heavy atom. The van der Waals surface area contributed by atoms with Gasteiger partial charge in [0.2, 0.25) is 11.8 Å². The van der Waals surface area contributed by atoms with Crippen molar-refractivity contribution in [2.45, 2.75) is 50.7 Å². The normalized spacial score (nSPS) is 24.3. The Hall–Kier alpha value is -1.59. The maximum absolute atomic E-state index is 12.2. The van der Waals surface area contributed by atoms with Crippen molar-refractivity contribution in [1.82, 2.24) is 15.5 Å². The first-order chi connectivity index (χ1) is 11.6. The molecule has 2 saturated heterocycles. The zero-order valence-electron chi connectivity index (χ0n) is 14.7. The van der Waals surface area contributed by atoms with Gasteiger partial charge in [-0.15, -0.1) is 12.4 Å². The van der Waals surface area contributed by atoms with E-state index in [1.807, 2.05) is 30.3 Å². The van der Waals surface area contributed by atoms with Crippen molar-refractivity contribution in [2.24, 2.45) is 5.92 Å². The van der Waals surface area contributed by atoms with E-state index in [0.29, 0.717) is 31.0 Å². The number of piperidine rings is 1. The van der Waals surface area contributed by atoms with Gasteiger partial charge >= 0.3 is 0 Å². The lowest BCUT2D eigenvalue weighted by Crippen LogP contribution is -2.41. The summed E-state index contributed by atoms with van der Waals surface area (Å²) >= 11 is 0.